The standard InChI is InChI=1S/C14H16N2O5/c1-2-5-16(9-13(17)18)14(19)15-10-3-4-11-12(8-10)21-7-6-20-11/h2-4,8H,1,5-7,9H2,(H,15,19)(H,17,18). The molecule has 1 aliphatic heterocycles. The number of carboxylic acids is 1. The van der Waals surface area contributed by atoms with Gasteiger partial charge < -0.3 is 24.8 Å². The van der Waals surface area contributed by atoms with E-state index in [1.807, 2.05) is 0 Å². The van der Waals surface area contributed by atoms with Crippen LogP contribution >= 0.6 is 0 Å². The molecule has 112 valence electrons. The summed E-state index contributed by atoms with van der Waals surface area (Å²) >= 11 is 0. The number of carbonyl (C=O) groups is 2. The Labute approximate surface area is 121 Å². The highest BCUT2D eigenvalue weighted by molar-refractivity contribution is 5.91. The number of anilines is 1. The van der Waals surface area contributed by atoms with Crippen molar-refractivity contribution in [2.24, 2.45) is 0 Å². The first-order valence-electron chi connectivity index (χ1n) is 6.38. The first-order valence-corrected chi connectivity index (χ1v) is 6.38. The second kappa shape index (κ2) is 6.65. The Kier molecular flexibility index (Phi) is 4.65. The van der Waals surface area contributed by atoms with Gasteiger partial charge in [-0.05, 0) is 12.1 Å². The molecule has 0 bridgehead atoms. The Bertz CT molecular complexity index is 558. The van der Waals surface area contributed by atoms with E-state index in [-0.39, 0.29) is 6.54 Å². The highest BCUT2D eigenvalue weighted by Crippen LogP contribution is 2.32. The summed E-state index contributed by atoms with van der Waals surface area (Å²) in [6, 6.07) is 4.48. The molecule has 2 rings (SSSR count). The van der Waals surface area contributed by atoms with E-state index in [0.29, 0.717) is 30.4 Å². The summed E-state index contributed by atoms with van der Waals surface area (Å²) in [5.41, 5.74) is 0.503. The van der Waals surface area contributed by atoms with E-state index >= 15 is 0 Å². The van der Waals surface area contributed by atoms with Crippen LogP contribution in [-0.2, 0) is 4.79 Å². The molecule has 1 aliphatic rings. The number of nitrogens with one attached hydrogen (secondary N) is 1. The summed E-state index contributed by atoms with van der Waals surface area (Å²) in [7, 11) is 0. The number of amides is 2. The van der Waals surface area contributed by atoms with Crippen LogP contribution in [-0.4, -0.2) is 48.3 Å². The third kappa shape index (κ3) is 3.88. The first kappa shape index (κ1) is 14.7. The number of urea groups is 1. The zero-order valence-corrected chi connectivity index (χ0v) is 11.4. The van der Waals surface area contributed by atoms with Crippen LogP contribution in [0.1, 0.15) is 0 Å². The monoisotopic (exact) mass is 292 g/mol. The average molecular weight is 292 g/mol. The lowest BCUT2D eigenvalue weighted by Crippen LogP contribution is -2.38. The topological polar surface area (TPSA) is 88.1 Å². The maximum atomic E-state index is 12.0. The van der Waals surface area contributed by atoms with Crippen molar-refractivity contribution in [3.8, 4) is 11.5 Å². The molecular formula is C14H16N2O5. The van der Waals surface area contributed by atoms with Gasteiger partial charge in [0.05, 0.1) is 0 Å². The predicted molar refractivity (Wildman–Crippen MR) is 75.9 cm³/mol. The molecule has 1 aromatic carbocycles. The fourth-order valence-corrected chi connectivity index (χ4v) is 1.86. The van der Waals surface area contributed by atoms with Crippen LogP contribution in [0.2, 0.25) is 0 Å². The molecule has 2 N–H and O–H groups in total. The van der Waals surface area contributed by atoms with Crippen molar-refractivity contribution in [3.05, 3.63) is 30.9 Å². The van der Waals surface area contributed by atoms with Crippen LogP contribution in [0.4, 0.5) is 10.5 Å². The van der Waals surface area contributed by atoms with E-state index in [0.717, 1.165) is 4.90 Å². The van der Waals surface area contributed by atoms with Gasteiger partial charge in [0.1, 0.15) is 19.8 Å². The van der Waals surface area contributed by atoms with Crippen LogP contribution in [0.5, 0.6) is 11.5 Å². The molecule has 0 saturated carbocycles. The molecule has 0 saturated heterocycles. The molecule has 1 heterocycles. The number of hydrogen-bond acceptors (Lipinski definition) is 4. The summed E-state index contributed by atoms with van der Waals surface area (Å²) in [6.45, 7) is 4.19. The number of carbonyl (C=O) groups excluding carboxylic acids is 1. The number of ether oxygens (including phenoxy) is 2. The zero-order chi connectivity index (χ0) is 15.2. The number of carboxylic acid groups (broad SMARTS) is 1. The van der Waals surface area contributed by atoms with E-state index in [2.05, 4.69) is 11.9 Å². The minimum absolute atomic E-state index is 0.142. The van der Waals surface area contributed by atoms with E-state index in [4.69, 9.17) is 14.6 Å². The van der Waals surface area contributed by atoms with Gasteiger partial charge in [0.2, 0.25) is 0 Å². The fraction of sp³-hybridized carbons (Fsp3) is 0.286. The number of fused-ring (bicyclic) bond motifs is 1. The molecule has 0 aromatic heterocycles. The van der Waals surface area contributed by atoms with Crippen LogP contribution in [0.15, 0.2) is 30.9 Å². The lowest BCUT2D eigenvalue weighted by atomic mass is 10.2. The van der Waals surface area contributed by atoms with E-state index in [1.165, 1.54) is 6.08 Å². The van der Waals surface area contributed by atoms with Gasteiger partial charge >= 0.3 is 12.0 Å². The summed E-state index contributed by atoms with van der Waals surface area (Å²) in [5.74, 6) is 0.0782. The Hall–Kier alpha value is -2.70. The molecule has 7 heteroatoms. The smallest absolute Gasteiger partial charge is 0.323 e. The molecule has 2 amide bonds. The van der Waals surface area contributed by atoms with Gasteiger partial charge in [-0.15, -0.1) is 6.58 Å². The van der Waals surface area contributed by atoms with Crippen LogP contribution in [0.25, 0.3) is 0 Å². The van der Waals surface area contributed by atoms with Gasteiger partial charge in [0.15, 0.2) is 11.5 Å². The quantitative estimate of drug-likeness (QED) is 0.804. The van der Waals surface area contributed by atoms with Crippen molar-refractivity contribution in [1.29, 1.82) is 0 Å². The van der Waals surface area contributed by atoms with Gasteiger partial charge in [0, 0.05) is 18.3 Å². The van der Waals surface area contributed by atoms with Crippen LogP contribution in [0, 0.1) is 0 Å². The summed E-state index contributed by atoms with van der Waals surface area (Å²) < 4.78 is 10.8. The third-order valence-corrected chi connectivity index (χ3v) is 2.76. The maximum absolute atomic E-state index is 12.0. The van der Waals surface area contributed by atoms with E-state index in [1.54, 1.807) is 18.2 Å². The van der Waals surface area contributed by atoms with Gasteiger partial charge in [-0.25, -0.2) is 4.79 Å². The maximum Gasteiger partial charge on any atom is 0.323 e. The second-order valence-electron chi connectivity index (χ2n) is 4.35. The zero-order valence-electron chi connectivity index (χ0n) is 11.4. The summed E-state index contributed by atoms with van der Waals surface area (Å²) in [4.78, 5) is 23.9. The predicted octanol–water partition coefficient (Wildman–Crippen LogP) is 1.56. The summed E-state index contributed by atoms with van der Waals surface area (Å²) in [5, 5.41) is 11.4. The number of aliphatic carboxylic acids is 1. The van der Waals surface area contributed by atoms with Crippen LogP contribution in [0.3, 0.4) is 0 Å². The van der Waals surface area contributed by atoms with Crippen molar-refractivity contribution in [2.75, 3.05) is 31.6 Å². The Morgan fingerprint density at radius 2 is 2.05 bits per heavy atom. The molecule has 0 fully saturated rings. The Morgan fingerprint density at radius 1 is 1.33 bits per heavy atom. The van der Waals surface area contributed by atoms with Crippen molar-refractivity contribution in [2.45, 2.75) is 0 Å². The highest BCUT2D eigenvalue weighted by atomic mass is 16.6. The van der Waals surface area contributed by atoms with E-state index < -0.39 is 18.5 Å². The second-order valence-corrected chi connectivity index (χ2v) is 4.35. The number of nitrogens with zero attached hydrogens (tertiary/aromatic N) is 1. The van der Waals surface area contributed by atoms with Gasteiger partial charge in [0.25, 0.3) is 0 Å². The molecule has 0 aliphatic carbocycles. The van der Waals surface area contributed by atoms with Crippen LogP contribution < -0.4 is 14.8 Å². The molecule has 0 spiro atoms. The first-order chi connectivity index (χ1) is 10.1. The molecule has 0 radical (unpaired) electrons. The normalized spacial score (nSPS) is 12.4. The average Bonchev–Trinajstić information content (AvgIpc) is 2.46. The van der Waals surface area contributed by atoms with Crippen molar-refractivity contribution in [1.82, 2.24) is 4.90 Å². The molecule has 0 atom stereocenters. The van der Waals surface area contributed by atoms with Gasteiger partial charge in [-0.1, -0.05) is 6.08 Å². The SMILES string of the molecule is C=CCN(CC(=O)O)C(=O)Nc1ccc2c(c1)OCCO2. The van der Waals surface area contributed by atoms with Crippen molar-refractivity contribution >= 4 is 17.7 Å². The minimum atomic E-state index is -1.09. The molecular weight excluding hydrogens is 276 g/mol. The fourth-order valence-electron chi connectivity index (χ4n) is 1.86. The molecule has 7 nitrogen and oxygen atoms in total. The molecule has 21 heavy (non-hydrogen) atoms. The largest absolute Gasteiger partial charge is 0.486 e. The molecule has 0 unspecified atom stereocenters. The van der Waals surface area contributed by atoms with Crippen molar-refractivity contribution < 1.29 is 24.2 Å². The highest BCUT2D eigenvalue weighted by Gasteiger charge is 2.17. The van der Waals surface area contributed by atoms with Crippen molar-refractivity contribution in [3.63, 3.8) is 0 Å². The minimum Gasteiger partial charge on any atom is -0.486 e. The Morgan fingerprint density at radius 3 is 2.71 bits per heavy atom. The Balaban J connectivity index is 2.06. The lowest BCUT2D eigenvalue weighted by molar-refractivity contribution is -0.137. The van der Waals surface area contributed by atoms with Gasteiger partial charge in [-0.2, -0.15) is 0 Å². The lowest BCUT2D eigenvalue weighted by Gasteiger charge is -2.21. The van der Waals surface area contributed by atoms with E-state index in [9.17, 15) is 9.59 Å². The number of hydrogen-bond donors (Lipinski definition) is 2. The summed E-state index contributed by atoms with van der Waals surface area (Å²) in [6.07, 6.45) is 1.46. The number of rotatable bonds is 5. The third-order valence-electron chi connectivity index (χ3n) is 2.76. The van der Waals surface area contributed by atoms with Gasteiger partial charge in [-0.3, -0.25) is 4.79 Å². The molecule has 1 aromatic rings. The number of benzene rings is 1.